The Kier molecular flexibility index (Phi) is 33.1. The molecular weight excluding hydrogens is 536 g/mol. The van der Waals surface area contributed by atoms with Gasteiger partial charge in [-0.15, -0.1) is 0 Å². The van der Waals surface area contributed by atoms with Crippen LogP contribution in [0.15, 0.2) is 36.5 Å². The normalized spacial score (nSPS) is 12.5. The second kappa shape index (κ2) is 34.6. The third-order valence-corrected chi connectivity index (χ3v) is 7.66. The van der Waals surface area contributed by atoms with Gasteiger partial charge >= 0.3 is 11.9 Å². The Bertz CT molecular complexity index is 696. The largest absolute Gasteiger partial charge is 0.462 e. The fourth-order valence-electron chi connectivity index (χ4n) is 4.86. The molecule has 0 aromatic rings. The Morgan fingerprint density at radius 3 is 1.47 bits per heavy atom. The van der Waals surface area contributed by atoms with E-state index in [1.54, 1.807) is 0 Å². The highest BCUT2D eigenvalue weighted by molar-refractivity contribution is 5.70. The van der Waals surface area contributed by atoms with Gasteiger partial charge < -0.3 is 14.6 Å². The van der Waals surface area contributed by atoms with E-state index in [0.29, 0.717) is 12.8 Å². The third-order valence-electron chi connectivity index (χ3n) is 7.66. The Morgan fingerprint density at radius 1 is 0.535 bits per heavy atom. The third kappa shape index (κ3) is 32.9. The first kappa shape index (κ1) is 41.1. The molecule has 0 amide bonds. The molecule has 0 saturated heterocycles. The van der Waals surface area contributed by atoms with Crippen molar-refractivity contribution in [2.75, 3.05) is 13.2 Å². The summed E-state index contributed by atoms with van der Waals surface area (Å²) >= 11 is 0. The second-order valence-electron chi connectivity index (χ2n) is 11.9. The van der Waals surface area contributed by atoms with E-state index < -0.39 is 6.10 Å². The van der Waals surface area contributed by atoms with Crippen LogP contribution in [-0.4, -0.2) is 36.4 Å². The van der Waals surface area contributed by atoms with Crippen LogP contribution in [0.25, 0.3) is 0 Å². The quantitative estimate of drug-likeness (QED) is 0.0470. The van der Waals surface area contributed by atoms with Crippen molar-refractivity contribution in [3.63, 3.8) is 0 Å². The predicted molar refractivity (Wildman–Crippen MR) is 182 cm³/mol. The lowest BCUT2D eigenvalue weighted by atomic mass is 10.1. The molecular formula is C38H68O5. The van der Waals surface area contributed by atoms with Gasteiger partial charge in [0.2, 0.25) is 0 Å². The van der Waals surface area contributed by atoms with Crippen molar-refractivity contribution in [1.82, 2.24) is 0 Å². The zero-order valence-electron chi connectivity index (χ0n) is 28.2. The van der Waals surface area contributed by atoms with Crippen LogP contribution in [0, 0.1) is 0 Å². The van der Waals surface area contributed by atoms with Gasteiger partial charge in [0.05, 0.1) is 6.61 Å². The maximum absolute atomic E-state index is 12.1. The lowest BCUT2D eigenvalue weighted by Gasteiger charge is -2.15. The Labute approximate surface area is 266 Å². The molecule has 0 fully saturated rings. The number of unbranched alkanes of at least 4 members (excludes halogenated alkanes) is 18. The van der Waals surface area contributed by atoms with Crippen LogP contribution in [0.3, 0.4) is 0 Å². The number of ether oxygens (including phenoxy) is 2. The SMILES string of the molecule is CCCC/C=C/C/C=C/CCCCCCCC(=O)O[C@@H](CO)COC(=O)CCCCCCCCC/C=C/CCCCCC. The topological polar surface area (TPSA) is 72.8 Å². The van der Waals surface area contributed by atoms with E-state index in [2.05, 4.69) is 50.3 Å². The number of carbonyl (C=O) groups excluding carboxylic acids is 2. The maximum Gasteiger partial charge on any atom is 0.306 e. The molecule has 0 spiro atoms. The molecule has 0 rings (SSSR count). The van der Waals surface area contributed by atoms with Crippen LogP contribution in [0.1, 0.15) is 174 Å². The fraction of sp³-hybridized carbons (Fsp3) is 0.789. The van der Waals surface area contributed by atoms with Crippen LogP contribution < -0.4 is 0 Å². The van der Waals surface area contributed by atoms with Crippen molar-refractivity contribution in [1.29, 1.82) is 0 Å². The zero-order chi connectivity index (χ0) is 31.5. The Balaban J connectivity index is 3.60. The zero-order valence-corrected chi connectivity index (χ0v) is 28.2. The maximum atomic E-state index is 12.1. The minimum absolute atomic E-state index is 0.0731. The molecule has 0 aromatic heterocycles. The predicted octanol–water partition coefficient (Wildman–Crippen LogP) is 10.9. The summed E-state index contributed by atoms with van der Waals surface area (Å²) in [6.45, 7) is 4.06. The highest BCUT2D eigenvalue weighted by Gasteiger charge is 2.16. The van der Waals surface area contributed by atoms with Gasteiger partial charge in [0.1, 0.15) is 6.61 Å². The monoisotopic (exact) mass is 605 g/mol. The van der Waals surface area contributed by atoms with Crippen LogP contribution in [0.2, 0.25) is 0 Å². The van der Waals surface area contributed by atoms with Gasteiger partial charge in [-0.1, -0.05) is 134 Å². The first-order chi connectivity index (χ1) is 21.1. The average molecular weight is 605 g/mol. The van der Waals surface area contributed by atoms with Gasteiger partial charge in [-0.2, -0.15) is 0 Å². The first-order valence-electron chi connectivity index (χ1n) is 18.0. The van der Waals surface area contributed by atoms with E-state index in [9.17, 15) is 14.7 Å². The van der Waals surface area contributed by atoms with E-state index in [1.807, 2.05) is 0 Å². The van der Waals surface area contributed by atoms with E-state index in [0.717, 1.165) is 57.8 Å². The van der Waals surface area contributed by atoms with Gasteiger partial charge in [-0.3, -0.25) is 9.59 Å². The van der Waals surface area contributed by atoms with E-state index in [-0.39, 0.29) is 25.2 Å². The Hall–Kier alpha value is -1.88. The van der Waals surface area contributed by atoms with Crippen molar-refractivity contribution in [2.45, 2.75) is 180 Å². The molecule has 5 heteroatoms. The lowest BCUT2D eigenvalue weighted by Crippen LogP contribution is -2.28. The van der Waals surface area contributed by atoms with Gasteiger partial charge in [0.25, 0.3) is 0 Å². The van der Waals surface area contributed by atoms with Crippen LogP contribution >= 0.6 is 0 Å². The molecule has 1 atom stereocenters. The summed E-state index contributed by atoms with van der Waals surface area (Å²) in [7, 11) is 0. The molecule has 0 aromatic carbocycles. The first-order valence-corrected chi connectivity index (χ1v) is 18.0. The number of hydrogen-bond donors (Lipinski definition) is 1. The van der Waals surface area contributed by atoms with Gasteiger partial charge in [-0.05, 0) is 64.2 Å². The smallest absolute Gasteiger partial charge is 0.306 e. The van der Waals surface area contributed by atoms with Crippen LogP contribution in [0.5, 0.6) is 0 Å². The summed E-state index contributed by atoms with van der Waals surface area (Å²) < 4.78 is 10.6. The molecule has 0 aliphatic carbocycles. The Morgan fingerprint density at radius 2 is 0.953 bits per heavy atom. The van der Waals surface area contributed by atoms with Crippen molar-refractivity contribution in [3.8, 4) is 0 Å². The van der Waals surface area contributed by atoms with Crippen molar-refractivity contribution in [3.05, 3.63) is 36.5 Å². The molecule has 0 aliphatic rings. The number of hydrogen-bond acceptors (Lipinski definition) is 5. The molecule has 0 saturated carbocycles. The number of aliphatic hydroxyl groups is 1. The van der Waals surface area contributed by atoms with E-state index in [4.69, 9.17) is 9.47 Å². The fourth-order valence-corrected chi connectivity index (χ4v) is 4.86. The minimum Gasteiger partial charge on any atom is -0.462 e. The van der Waals surface area contributed by atoms with Crippen molar-refractivity contribution in [2.24, 2.45) is 0 Å². The number of carbonyl (C=O) groups is 2. The molecule has 5 nitrogen and oxygen atoms in total. The molecule has 1 N–H and O–H groups in total. The van der Waals surface area contributed by atoms with Gasteiger partial charge in [-0.25, -0.2) is 0 Å². The van der Waals surface area contributed by atoms with Crippen LogP contribution in [0.4, 0.5) is 0 Å². The van der Waals surface area contributed by atoms with Gasteiger partial charge in [0.15, 0.2) is 6.10 Å². The molecule has 0 heterocycles. The minimum atomic E-state index is -0.777. The average Bonchev–Trinajstić information content (AvgIpc) is 3.01. The summed E-state index contributed by atoms with van der Waals surface area (Å²) in [6, 6.07) is 0. The summed E-state index contributed by atoms with van der Waals surface area (Å²) in [5.41, 5.74) is 0. The molecule has 0 radical (unpaired) electrons. The van der Waals surface area contributed by atoms with Crippen molar-refractivity contribution >= 4 is 11.9 Å². The van der Waals surface area contributed by atoms with Gasteiger partial charge in [0, 0.05) is 12.8 Å². The molecule has 0 unspecified atom stereocenters. The standard InChI is InChI=1S/C38H68O5/c1-3-5-7-9-11-13-15-17-19-21-22-24-26-28-30-32-37(40)42-35-36(34-39)43-38(41)33-31-29-27-25-23-20-18-16-14-12-10-8-6-4-2/h10,12-13,15-16,18,36,39H,3-9,11,14,17,19-35H2,1-2H3/b12-10+,15-13+,18-16+/t36-/m0/s1. The number of esters is 2. The lowest BCUT2D eigenvalue weighted by molar-refractivity contribution is -0.161. The number of aliphatic hydroxyl groups excluding tert-OH is 1. The summed E-state index contributed by atoms with van der Waals surface area (Å²) in [6.07, 6.45) is 40.5. The number of rotatable bonds is 32. The van der Waals surface area contributed by atoms with E-state index >= 15 is 0 Å². The van der Waals surface area contributed by atoms with Crippen LogP contribution in [-0.2, 0) is 19.1 Å². The molecule has 0 bridgehead atoms. The molecule has 0 aliphatic heterocycles. The highest BCUT2D eigenvalue weighted by Crippen LogP contribution is 2.12. The summed E-state index contributed by atoms with van der Waals surface area (Å²) in [5, 5.41) is 9.52. The van der Waals surface area contributed by atoms with E-state index in [1.165, 1.54) is 89.9 Å². The number of allylic oxidation sites excluding steroid dienone is 6. The second-order valence-corrected chi connectivity index (χ2v) is 11.9. The summed E-state index contributed by atoms with van der Waals surface area (Å²) in [4.78, 5) is 24.2. The van der Waals surface area contributed by atoms with Crippen molar-refractivity contribution < 1.29 is 24.2 Å². The molecule has 43 heavy (non-hydrogen) atoms. The molecule has 250 valence electrons. The summed E-state index contributed by atoms with van der Waals surface area (Å²) in [5.74, 6) is -0.613. The highest BCUT2D eigenvalue weighted by atomic mass is 16.6.